The van der Waals surface area contributed by atoms with E-state index in [1.807, 2.05) is 36.4 Å². The minimum atomic E-state index is -0.257. The van der Waals surface area contributed by atoms with Gasteiger partial charge >= 0.3 is 0 Å². The molecule has 1 N–H and O–H groups in total. The van der Waals surface area contributed by atoms with Crippen LogP contribution in [-0.4, -0.2) is 18.0 Å². The zero-order chi connectivity index (χ0) is 15.1. The van der Waals surface area contributed by atoms with E-state index in [2.05, 4.69) is 0 Å². The van der Waals surface area contributed by atoms with Gasteiger partial charge in [0.05, 0.1) is 12.7 Å². The highest BCUT2D eigenvalue weighted by atomic mass is 16.5. The number of ether oxygens (including phenoxy) is 1. The minimum Gasteiger partial charge on any atom is -0.507 e. The smallest absolute Gasteiger partial charge is 0.189 e. The van der Waals surface area contributed by atoms with Crippen LogP contribution in [0.2, 0.25) is 0 Å². The fourth-order valence-corrected chi connectivity index (χ4v) is 1.81. The van der Waals surface area contributed by atoms with Gasteiger partial charge in [0.15, 0.2) is 5.78 Å². The second kappa shape index (κ2) is 7.10. The average molecular weight is 280 g/mol. The number of methoxy groups -OCH3 is 1. The van der Waals surface area contributed by atoms with Gasteiger partial charge in [0.2, 0.25) is 0 Å². The van der Waals surface area contributed by atoms with Crippen molar-refractivity contribution in [2.75, 3.05) is 7.11 Å². The lowest BCUT2D eigenvalue weighted by atomic mass is 10.1. The van der Waals surface area contributed by atoms with Crippen LogP contribution in [0.15, 0.2) is 66.8 Å². The highest BCUT2D eigenvalue weighted by Crippen LogP contribution is 2.23. The lowest BCUT2D eigenvalue weighted by molar-refractivity contribution is 0.104. The number of benzene rings is 2. The maximum absolute atomic E-state index is 12.0. The van der Waals surface area contributed by atoms with Crippen molar-refractivity contribution in [1.29, 1.82) is 0 Å². The Kier molecular flexibility index (Phi) is 4.94. The molecule has 0 heterocycles. The number of aromatic hydroxyl groups is 1. The zero-order valence-corrected chi connectivity index (χ0v) is 11.7. The van der Waals surface area contributed by atoms with Crippen LogP contribution in [0.1, 0.15) is 15.9 Å². The van der Waals surface area contributed by atoms with E-state index in [1.165, 1.54) is 19.3 Å². The summed E-state index contributed by atoms with van der Waals surface area (Å²) in [5, 5.41) is 9.77. The van der Waals surface area contributed by atoms with Gasteiger partial charge in [-0.05, 0) is 23.8 Å². The van der Waals surface area contributed by atoms with Crippen LogP contribution in [0.25, 0.3) is 6.08 Å². The highest BCUT2D eigenvalue weighted by Gasteiger charge is 2.08. The van der Waals surface area contributed by atoms with E-state index in [9.17, 15) is 9.90 Å². The Morgan fingerprint density at radius 2 is 1.86 bits per heavy atom. The topological polar surface area (TPSA) is 46.5 Å². The van der Waals surface area contributed by atoms with E-state index in [-0.39, 0.29) is 17.1 Å². The number of hydrogen-bond acceptors (Lipinski definition) is 3. The predicted octanol–water partition coefficient (Wildman–Crippen LogP) is 3.85. The zero-order valence-electron chi connectivity index (χ0n) is 11.7. The van der Waals surface area contributed by atoms with Crippen LogP contribution >= 0.6 is 0 Å². The third kappa shape index (κ3) is 4.08. The van der Waals surface area contributed by atoms with Crippen LogP contribution in [0.4, 0.5) is 0 Å². The standard InChI is InChI=1S/C18H16O3/c1-21-15-11-12-16(18(20)13-15)17(19)10-6-5-9-14-7-3-2-4-8-14/h2-13,20H,1H3/b9-5+,10-6+. The molecule has 0 aliphatic carbocycles. The maximum Gasteiger partial charge on any atom is 0.189 e. The lowest BCUT2D eigenvalue weighted by Crippen LogP contribution is -1.95. The number of carbonyl (C=O) groups is 1. The Bertz CT molecular complexity index is 670. The molecular formula is C18H16O3. The van der Waals surface area contributed by atoms with Gasteiger partial charge in [0.1, 0.15) is 11.5 Å². The first kappa shape index (κ1) is 14.6. The Hall–Kier alpha value is -2.81. The van der Waals surface area contributed by atoms with Crippen LogP contribution in [0.3, 0.4) is 0 Å². The Balaban J connectivity index is 2.04. The van der Waals surface area contributed by atoms with Crippen molar-refractivity contribution in [2.24, 2.45) is 0 Å². The van der Waals surface area contributed by atoms with Gasteiger partial charge in [-0.15, -0.1) is 0 Å². The predicted molar refractivity (Wildman–Crippen MR) is 83.6 cm³/mol. The van der Waals surface area contributed by atoms with Crippen molar-refractivity contribution in [1.82, 2.24) is 0 Å². The molecule has 0 spiro atoms. The number of allylic oxidation sites excluding steroid dienone is 3. The van der Waals surface area contributed by atoms with Crippen molar-refractivity contribution in [3.8, 4) is 11.5 Å². The van der Waals surface area contributed by atoms with Crippen molar-refractivity contribution in [3.05, 3.63) is 77.9 Å². The molecule has 0 saturated carbocycles. The number of phenols is 1. The number of hydrogen-bond donors (Lipinski definition) is 1. The van der Waals surface area contributed by atoms with Crippen LogP contribution in [-0.2, 0) is 0 Å². The van der Waals surface area contributed by atoms with Crippen molar-refractivity contribution in [2.45, 2.75) is 0 Å². The molecule has 0 radical (unpaired) electrons. The number of rotatable bonds is 5. The summed E-state index contributed by atoms with van der Waals surface area (Å²) in [6.45, 7) is 0. The average Bonchev–Trinajstić information content (AvgIpc) is 2.52. The molecule has 3 heteroatoms. The summed E-state index contributed by atoms with van der Waals surface area (Å²) in [4.78, 5) is 12.0. The van der Waals surface area contributed by atoms with E-state index in [0.717, 1.165) is 5.56 Å². The second-order valence-electron chi connectivity index (χ2n) is 4.38. The van der Waals surface area contributed by atoms with E-state index >= 15 is 0 Å². The van der Waals surface area contributed by atoms with E-state index < -0.39 is 0 Å². The molecule has 0 atom stereocenters. The van der Waals surface area contributed by atoms with Crippen molar-refractivity contribution < 1.29 is 14.6 Å². The monoisotopic (exact) mass is 280 g/mol. The molecule has 0 aliphatic rings. The molecule has 0 aromatic heterocycles. The normalized spacial score (nSPS) is 11.1. The maximum atomic E-state index is 12.0. The van der Waals surface area contributed by atoms with Crippen LogP contribution < -0.4 is 4.74 Å². The molecule has 0 aliphatic heterocycles. The van der Waals surface area contributed by atoms with E-state index in [4.69, 9.17) is 4.74 Å². The third-order valence-corrected chi connectivity index (χ3v) is 2.92. The SMILES string of the molecule is COc1ccc(C(=O)/C=C/C=C/c2ccccc2)c(O)c1. The van der Waals surface area contributed by atoms with Crippen LogP contribution in [0.5, 0.6) is 11.5 Å². The summed E-state index contributed by atoms with van der Waals surface area (Å²) in [7, 11) is 1.50. The second-order valence-corrected chi connectivity index (χ2v) is 4.38. The first-order valence-corrected chi connectivity index (χ1v) is 6.52. The minimum absolute atomic E-state index is 0.0870. The first-order chi connectivity index (χ1) is 10.2. The molecule has 21 heavy (non-hydrogen) atoms. The quantitative estimate of drug-likeness (QED) is 0.514. The molecule has 0 saturated heterocycles. The fraction of sp³-hybridized carbons (Fsp3) is 0.0556. The van der Waals surface area contributed by atoms with E-state index in [0.29, 0.717) is 5.75 Å². The summed E-state index contributed by atoms with van der Waals surface area (Å²) < 4.78 is 4.98. The summed E-state index contributed by atoms with van der Waals surface area (Å²) in [5.41, 5.74) is 1.31. The molecule has 0 unspecified atom stereocenters. The fourth-order valence-electron chi connectivity index (χ4n) is 1.81. The molecule has 0 fully saturated rings. The summed E-state index contributed by atoms with van der Waals surface area (Å²) in [6, 6.07) is 14.4. The van der Waals surface area contributed by atoms with Gasteiger partial charge in [0, 0.05) is 6.07 Å². The van der Waals surface area contributed by atoms with Gasteiger partial charge in [-0.2, -0.15) is 0 Å². The molecular weight excluding hydrogens is 264 g/mol. The van der Waals surface area contributed by atoms with Crippen molar-refractivity contribution >= 4 is 11.9 Å². The highest BCUT2D eigenvalue weighted by molar-refractivity contribution is 6.06. The molecule has 0 bridgehead atoms. The Labute approximate surface area is 123 Å². The first-order valence-electron chi connectivity index (χ1n) is 6.52. The van der Waals surface area contributed by atoms with Gasteiger partial charge in [0.25, 0.3) is 0 Å². The molecule has 2 aromatic rings. The number of carbonyl (C=O) groups excluding carboxylic acids is 1. The molecule has 106 valence electrons. The number of phenolic OH excluding ortho intramolecular Hbond substituents is 1. The largest absolute Gasteiger partial charge is 0.507 e. The molecule has 2 rings (SSSR count). The van der Waals surface area contributed by atoms with E-state index in [1.54, 1.807) is 24.3 Å². The molecule has 0 amide bonds. The van der Waals surface area contributed by atoms with Gasteiger partial charge < -0.3 is 9.84 Å². The Morgan fingerprint density at radius 1 is 1.10 bits per heavy atom. The molecule has 2 aromatic carbocycles. The Morgan fingerprint density at radius 3 is 2.52 bits per heavy atom. The summed E-state index contributed by atoms with van der Waals surface area (Å²) >= 11 is 0. The summed E-state index contributed by atoms with van der Waals surface area (Å²) in [6.07, 6.45) is 6.76. The molecule has 3 nitrogen and oxygen atoms in total. The summed E-state index contributed by atoms with van der Waals surface area (Å²) in [5.74, 6) is 0.168. The van der Waals surface area contributed by atoms with Crippen LogP contribution in [0, 0.1) is 0 Å². The van der Waals surface area contributed by atoms with Crippen molar-refractivity contribution in [3.63, 3.8) is 0 Å². The van der Waals surface area contributed by atoms with Gasteiger partial charge in [-0.1, -0.05) is 48.6 Å². The lowest BCUT2D eigenvalue weighted by Gasteiger charge is -2.03. The third-order valence-electron chi connectivity index (χ3n) is 2.92. The van der Waals surface area contributed by atoms with Gasteiger partial charge in [-0.3, -0.25) is 4.79 Å². The van der Waals surface area contributed by atoms with Gasteiger partial charge in [-0.25, -0.2) is 0 Å². The number of ketones is 1.